The van der Waals surface area contributed by atoms with Crippen molar-refractivity contribution in [1.82, 2.24) is 14.6 Å². The van der Waals surface area contributed by atoms with Crippen LogP contribution in [0.1, 0.15) is 36.4 Å². The zero-order chi connectivity index (χ0) is 18.4. The van der Waals surface area contributed by atoms with Gasteiger partial charge in [-0.2, -0.15) is 9.50 Å². The maximum atomic E-state index is 10.9. The van der Waals surface area contributed by atoms with Gasteiger partial charge in [0.25, 0.3) is 0 Å². The van der Waals surface area contributed by atoms with E-state index in [1.165, 1.54) is 33.6 Å². The Bertz CT molecular complexity index is 1030. The van der Waals surface area contributed by atoms with Crippen molar-refractivity contribution in [1.29, 1.82) is 0 Å². The smallest absolute Gasteiger partial charge is 0.235 e. The summed E-state index contributed by atoms with van der Waals surface area (Å²) in [5.41, 5.74) is 0. The second-order valence-electron chi connectivity index (χ2n) is 7.19. The maximum Gasteiger partial charge on any atom is 0.235 e. The molecule has 0 spiro atoms. The first kappa shape index (κ1) is 16.6. The van der Waals surface area contributed by atoms with Gasteiger partial charge in [-0.3, -0.25) is 0 Å². The van der Waals surface area contributed by atoms with E-state index in [9.17, 15) is 5.11 Å². The number of furan rings is 2. The molecule has 2 N–H and O–H groups in total. The van der Waals surface area contributed by atoms with Gasteiger partial charge in [-0.05, 0) is 43.0 Å². The standard InChI is InChI=1S/C19H20N4O3S/c1-12-6-8-22(9-7-12)15(13-4-2-10-25-13)16-18(24)23-19(27-16)20-17(21-23)14-5-3-11-26-14/h2-5,10-12,15,24H,6-9H2,1H3/p+1/t15-/m0/s1. The minimum Gasteiger partial charge on any atom is -0.492 e. The molecule has 1 saturated heterocycles. The van der Waals surface area contributed by atoms with E-state index in [2.05, 4.69) is 17.0 Å². The van der Waals surface area contributed by atoms with E-state index in [4.69, 9.17) is 8.83 Å². The molecular weight excluding hydrogens is 364 g/mol. The van der Waals surface area contributed by atoms with Crippen LogP contribution in [0.25, 0.3) is 16.5 Å². The van der Waals surface area contributed by atoms with E-state index < -0.39 is 0 Å². The van der Waals surface area contributed by atoms with E-state index in [1.54, 1.807) is 18.6 Å². The van der Waals surface area contributed by atoms with E-state index in [-0.39, 0.29) is 11.9 Å². The molecular formula is C19H21N4O3S+. The molecule has 1 aliphatic heterocycles. The van der Waals surface area contributed by atoms with Crippen LogP contribution in [0.3, 0.4) is 0 Å². The van der Waals surface area contributed by atoms with E-state index in [1.807, 2.05) is 18.2 Å². The van der Waals surface area contributed by atoms with Crippen LogP contribution < -0.4 is 4.90 Å². The first-order valence-corrected chi connectivity index (χ1v) is 10.0. The molecule has 0 radical (unpaired) electrons. The van der Waals surface area contributed by atoms with Crippen LogP contribution in [0.4, 0.5) is 0 Å². The molecule has 8 heteroatoms. The lowest BCUT2D eigenvalue weighted by Gasteiger charge is -2.32. The van der Waals surface area contributed by atoms with Crippen molar-refractivity contribution in [2.75, 3.05) is 13.1 Å². The van der Waals surface area contributed by atoms with Crippen LogP contribution in [-0.4, -0.2) is 32.8 Å². The quantitative estimate of drug-likeness (QED) is 0.565. The topological polar surface area (TPSA) is 81.1 Å². The average Bonchev–Trinajstić information content (AvgIpc) is 3.44. The van der Waals surface area contributed by atoms with Gasteiger partial charge in [-0.1, -0.05) is 18.3 Å². The lowest BCUT2D eigenvalue weighted by atomic mass is 9.97. The normalized spacial score (nSPS) is 21.7. The second-order valence-corrected chi connectivity index (χ2v) is 8.20. The van der Waals surface area contributed by atoms with Gasteiger partial charge in [0, 0.05) is 0 Å². The molecule has 5 rings (SSSR count). The largest absolute Gasteiger partial charge is 0.492 e. The second kappa shape index (κ2) is 6.54. The van der Waals surface area contributed by atoms with Crippen molar-refractivity contribution in [2.24, 2.45) is 5.92 Å². The van der Waals surface area contributed by atoms with Crippen LogP contribution >= 0.6 is 11.3 Å². The summed E-state index contributed by atoms with van der Waals surface area (Å²) < 4.78 is 12.6. The molecule has 27 heavy (non-hydrogen) atoms. The number of rotatable bonds is 4. The Hall–Kier alpha value is -2.58. The van der Waals surface area contributed by atoms with Gasteiger partial charge < -0.3 is 18.8 Å². The summed E-state index contributed by atoms with van der Waals surface area (Å²) in [7, 11) is 0. The van der Waals surface area contributed by atoms with Crippen molar-refractivity contribution in [2.45, 2.75) is 25.8 Å². The summed E-state index contributed by atoms with van der Waals surface area (Å²) in [5, 5.41) is 15.4. The monoisotopic (exact) mass is 385 g/mol. The number of nitrogens with zero attached hydrogens (tertiary/aromatic N) is 3. The van der Waals surface area contributed by atoms with E-state index >= 15 is 0 Å². The summed E-state index contributed by atoms with van der Waals surface area (Å²) in [5.74, 6) is 2.81. The molecule has 0 aromatic carbocycles. The molecule has 0 saturated carbocycles. The molecule has 5 heterocycles. The average molecular weight is 385 g/mol. The van der Waals surface area contributed by atoms with Crippen LogP contribution in [0.15, 0.2) is 45.6 Å². The highest BCUT2D eigenvalue weighted by Crippen LogP contribution is 2.36. The first-order valence-electron chi connectivity index (χ1n) is 9.21. The number of fused-ring (bicyclic) bond motifs is 1. The van der Waals surface area contributed by atoms with Gasteiger partial charge >= 0.3 is 0 Å². The van der Waals surface area contributed by atoms with Crippen molar-refractivity contribution < 1.29 is 18.8 Å². The highest BCUT2D eigenvalue weighted by molar-refractivity contribution is 7.17. The lowest BCUT2D eigenvalue weighted by Crippen LogP contribution is -3.13. The predicted molar refractivity (Wildman–Crippen MR) is 99.9 cm³/mol. The Labute approximate surface area is 159 Å². The predicted octanol–water partition coefficient (Wildman–Crippen LogP) is 2.75. The van der Waals surface area contributed by atoms with Gasteiger partial charge in [-0.15, -0.1) is 5.10 Å². The zero-order valence-electron chi connectivity index (χ0n) is 15.0. The third kappa shape index (κ3) is 2.85. The van der Waals surface area contributed by atoms with Crippen LogP contribution in [0, 0.1) is 5.92 Å². The van der Waals surface area contributed by atoms with Crippen LogP contribution in [-0.2, 0) is 0 Å². The third-order valence-electron chi connectivity index (χ3n) is 5.36. The molecule has 1 atom stereocenters. The number of likely N-dealkylation sites (tertiary alicyclic amines) is 1. The Kier molecular flexibility index (Phi) is 4.02. The van der Waals surface area contributed by atoms with E-state index in [0.29, 0.717) is 16.5 Å². The van der Waals surface area contributed by atoms with Crippen molar-refractivity contribution >= 4 is 16.3 Å². The van der Waals surface area contributed by atoms with Crippen LogP contribution in [0.5, 0.6) is 5.88 Å². The molecule has 7 nitrogen and oxygen atoms in total. The Morgan fingerprint density at radius 1 is 1.22 bits per heavy atom. The highest BCUT2D eigenvalue weighted by atomic mass is 32.1. The van der Waals surface area contributed by atoms with Crippen LogP contribution in [0.2, 0.25) is 0 Å². The molecule has 4 aromatic heterocycles. The first-order chi connectivity index (χ1) is 13.2. The summed E-state index contributed by atoms with van der Waals surface area (Å²) in [6.45, 7) is 4.41. The SMILES string of the molecule is CC1CC[NH+]([C@@H](c2ccco2)c2sc3nc(-c4ccco4)nn3c2O)CC1. The molecule has 0 amide bonds. The van der Waals surface area contributed by atoms with Gasteiger partial charge in [0.05, 0.1) is 25.6 Å². The Morgan fingerprint density at radius 2 is 2.00 bits per heavy atom. The van der Waals surface area contributed by atoms with E-state index in [0.717, 1.165) is 29.6 Å². The van der Waals surface area contributed by atoms with Crippen molar-refractivity contribution in [3.05, 3.63) is 47.4 Å². The molecule has 4 aromatic rings. The maximum absolute atomic E-state index is 10.9. The number of piperidine rings is 1. The number of hydrogen-bond acceptors (Lipinski definition) is 6. The fraction of sp³-hybridized carbons (Fsp3) is 0.368. The molecule has 0 unspecified atom stereocenters. The van der Waals surface area contributed by atoms with Gasteiger partial charge in [0.15, 0.2) is 17.6 Å². The highest BCUT2D eigenvalue weighted by Gasteiger charge is 2.36. The molecule has 0 aliphatic carbocycles. The van der Waals surface area contributed by atoms with Crippen molar-refractivity contribution in [3.63, 3.8) is 0 Å². The number of hydrogen-bond donors (Lipinski definition) is 2. The molecule has 1 aliphatic rings. The number of thiazole rings is 1. The van der Waals surface area contributed by atoms with Gasteiger partial charge in [0.2, 0.25) is 16.7 Å². The third-order valence-corrected chi connectivity index (χ3v) is 6.44. The molecule has 0 bridgehead atoms. The summed E-state index contributed by atoms with van der Waals surface area (Å²) in [4.78, 5) is 7.44. The lowest BCUT2D eigenvalue weighted by molar-refractivity contribution is -0.932. The summed E-state index contributed by atoms with van der Waals surface area (Å²) in [6.07, 6.45) is 5.63. The Morgan fingerprint density at radius 3 is 2.67 bits per heavy atom. The Balaban J connectivity index is 1.56. The fourth-order valence-electron chi connectivity index (χ4n) is 3.84. The molecule has 140 valence electrons. The number of aromatic nitrogens is 3. The van der Waals surface area contributed by atoms with Gasteiger partial charge in [0.1, 0.15) is 4.88 Å². The van der Waals surface area contributed by atoms with Gasteiger partial charge in [-0.25, -0.2) is 0 Å². The molecule has 1 fully saturated rings. The minimum absolute atomic E-state index is 0.0481. The number of aromatic hydroxyl groups is 1. The summed E-state index contributed by atoms with van der Waals surface area (Å²) >= 11 is 1.46. The number of nitrogens with one attached hydrogen (secondary N) is 1. The fourth-order valence-corrected chi connectivity index (χ4v) is 4.96. The van der Waals surface area contributed by atoms with Crippen molar-refractivity contribution in [3.8, 4) is 17.5 Å². The summed E-state index contributed by atoms with van der Waals surface area (Å²) in [6, 6.07) is 7.44. The minimum atomic E-state index is -0.0481. The number of quaternary nitrogens is 1. The zero-order valence-corrected chi connectivity index (χ0v) is 15.8.